The maximum Gasteiger partial charge on any atom is 0.274 e. The van der Waals surface area contributed by atoms with Crippen LogP contribution in [0.4, 0.5) is 13.2 Å². The number of aromatic nitrogens is 3. The SMILES string of the molecule is Cc1nc(C(=O)N2CCCCC2Cc2nc3cc(F)c(F)cc3n2CCN(C)C)c(-c2ccc(F)cc2)s1. The highest BCUT2D eigenvalue weighted by Crippen LogP contribution is 2.33. The summed E-state index contributed by atoms with van der Waals surface area (Å²) in [5, 5.41) is 0.760. The fourth-order valence-electron chi connectivity index (χ4n) is 5.07. The zero-order valence-electron chi connectivity index (χ0n) is 21.7. The Kier molecular flexibility index (Phi) is 7.54. The second kappa shape index (κ2) is 10.9. The number of amides is 1. The molecule has 3 heterocycles. The van der Waals surface area contributed by atoms with E-state index in [1.807, 2.05) is 35.4 Å². The minimum absolute atomic E-state index is 0.135. The number of likely N-dealkylation sites (tertiary alicyclic amines) is 1. The molecular formula is C28H30F3N5OS. The first kappa shape index (κ1) is 26.4. The monoisotopic (exact) mass is 541 g/mol. The van der Waals surface area contributed by atoms with Gasteiger partial charge in [-0.25, -0.2) is 23.1 Å². The first-order valence-electron chi connectivity index (χ1n) is 12.7. The third-order valence-electron chi connectivity index (χ3n) is 6.99. The van der Waals surface area contributed by atoms with Gasteiger partial charge in [-0.3, -0.25) is 4.79 Å². The summed E-state index contributed by atoms with van der Waals surface area (Å²) in [5.74, 6) is -1.63. The largest absolute Gasteiger partial charge is 0.334 e. The second-order valence-corrected chi connectivity index (χ2v) is 11.2. The number of piperidine rings is 1. The maximum absolute atomic E-state index is 14.1. The molecule has 0 bridgehead atoms. The Morgan fingerprint density at radius 3 is 2.55 bits per heavy atom. The van der Waals surface area contributed by atoms with Crippen molar-refractivity contribution in [1.82, 2.24) is 24.3 Å². The van der Waals surface area contributed by atoms with Gasteiger partial charge in [0.05, 0.1) is 20.9 Å². The molecule has 1 unspecified atom stereocenters. The number of thiazole rings is 1. The lowest BCUT2D eigenvalue weighted by atomic mass is 9.98. The summed E-state index contributed by atoms with van der Waals surface area (Å²) < 4.78 is 43.6. The number of carbonyl (C=O) groups excluding carboxylic acids is 1. The molecule has 1 aliphatic rings. The highest BCUT2D eigenvalue weighted by atomic mass is 32.1. The fourth-order valence-corrected chi connectivity index (χ4v) is 5.99. The van der Waals surface area contributed by atoms with Gasteiger partial charge in [-0.05, 0) is 58.0 Å². The number of aryl methyl sites for hydroxylation is 1. The smallest absolute Gasteiger partial charge is 0.274 e. The number of likely N-dealkylation sites (N-methyl/N-ethyl adjacent to an activating group) is 1. The molecule has 0 saturated carbocycles. The molecule has 5 rings (SSSR count). The first-order valence-corrected chi connectivity index (χ1v) is 13.6. The molecule has 200 valence electrons. The Morgan fingerprint density at radius 1 is 1.08 bits per heavy atom. The molecule has 1 atom stereocenters. The minimum Gasteiger partial charge on any atom is -0.334 e. The molecule has 0 N–H and O–H groups in total. The number of nitrogens with zero attached hydrogens (tertiary/aromatic N) is 5. The van der Waals surface area contributed by atoms with Crippen molar-refractivity contribution in [3.63, 3.8) is 0 Å². The summed E-state index contributed by atoms with van der Waals surface area (Å²) in [6, 6.07) is 8.29. The van der Waals surface area contributed by atoms with Gasteiger partial charge in [0.25, 0.3) is 5.91 Å². The van der Waals surface area contributed by atoms with Crippen molar-refractivity contribution in [2.45, 2.75) is 45.2 Å². The maximum atomic E-state index is 14.1. The summed E-state index contributed by atoms with van der Waals surface area (Å²) in [7, 11) is 3.91. The Labute approximate surface area is 223 Å². The van der Waals surface area contributed by atoms with Gasteiger partial charge in [0.2, 0.25) is 0 Å². The number of hydrogen-bond acceptors (Lipinski definition) is 5. The van der Waals surface area contributed by atoms with Gasteiger partial charge in [0.15, 0.2) is 11.6 Å². The number of benzene rings is 2. The average Bonchev–Trinajstić information content (AvgIpc) is 3.43. The molecule has 10 heteroatoms. The van der Waals surface area contributed by atoms with E-state index in [-0.39, 0.29) is 17.8 Å². The number of hydrogen-bond donors (Lipinski definition) is 0. The zero-order valence-corrected chi connectivity index (χ0v) is 22.5. The van der Waals surface area contributed by atoms with E-state index in [4.69, 9.17) is 0 Å². The van der Waals surface area contributed by atoms with Crippen molar-refractivity contribution in [1.29, 1.82) is 0 Å². The van der Waals surface area contributed by atoms with E-state index in [9.17, 15) is 18.0 Å². The van der Waals surface area contributed by atoms with Crippen molar-refractivity contribution in [3.05, 3.63) is 70.4 Å². The van der Waals surface area contributed by atoms with Crippen LogP contribution < -0.4 is 0 Å². The summed E-state index contributed by atoms with van der Waals surface area (Å²) in [5.41, 5.74) is 2.07. The average molecular weight is 542 g/mol. The van der Waals surface area contributed by atoms with Crippen molar-refractivity contribution in [2.75, 3.05) is 27.2 Å². The normalized spacial score (nSPS) is 16.1. The quantitative estimate of drug-likeness (QED) is 0.302. The minimum atomic E-state index is -0.928. The third-order valence-corrected chi connectivity index (χ3v) is 8.01. The predicted molar refractivity (Wildman–Crippen MR) is 143 cm³/mol. The molecule has 2 aromatic carbocycles. The summed E-state index contributed by atoms with van der Waals surface area (Å²) in [4.78, 5) is 27.8. The van der Waals surface area contributed by atoms with Gasteiger partial charge in [-0.1, -0.05) is 12.1 Å². The molecule has 38 heavy (non-hydrogen) atoms. The summed E-state index contributed by atoms with van der Waals surface area (Å²) >= 11 is 1.42. The lowest BCUT2D eigenvalue weighted by Crippen LogP contribution is -2.45. The van der Waals surface area contributed by atoms with Gasteiger partial charge in [0.1, 0.15) is 17.3 Å². The Hall–Kier alpha value is -3.24. The zero-order chi connectivity index (χ0) is 27.0. The van der Waals surface area contributed by atoms with Crippen LogP contribution in [0.15, 0.2) is 36.4 Å². The summed E-state index contributed by atoms with van der Waals surface area (Å²) in [6.07, 6.45) is 3.10. The lowest BCUT2D eigenvalue weighted by Gasteiger charge is -2.35. The van der Waals surface area contributed by atoms with E-state index in [1.165, 1.54) is 29.5 Å². The van der Waals surface area contributed by atoms with Crippen LogP contribution >= 0.6 is 11.3 Å². The van der Waals surface area contributed by atoms with Gasteiger partial charge in [0, 0.05) is 44.2 Å². The standard InChI is InChI=1S/C28H30F3N5OS/c1-17-32-26(27(38-17)18-7-9-19(29)10-8-18)28(37)35-11-5-4-6-20(35)14-25-33-23-15-21(30)22(31)16-24(23)36(25)13-12-34(2)3/h7-10,15-16,20H,4-6,11-14H2,1-3H3. The number of imidazole rings is 1. The third kappa shape index (κ3) is 5.33. The Balaban J connectivity index is 1.48. The predicted octanol–water partition coefficient (Wildman–Crippen LogP) is 5.68. The molecule has 1 fully saturated rings. The van der Waals surface area contributed by atoms with E-state index in [1.54, 1.807) is 12.1 Å². The van der Waals surface area contributed by atoms with E-state index < -0.39 is 11.6 Å². The van der Waals surface area contributed by atoms with Gasteiger partial charge < -0.3 is 14.4 Å². The molecule has 0 radical (unpaired) electrons. The van der Waals surface area contributed by atoms with E-state index in [2.05, 4.69) is 9.97 Å². The van der Waals surface area contributed by atoms with Crippen LogP contribution in [0, 0.1) is 24.4 Å². The Bertz CT molecular complexity index is 1460. The van der Waals surface area contributed by atoms with Gasteiger partial charge in [-0.15, -0.1) is 11.3 Å². The molecule has 6 nitrogen and oxygen atoms in total. The van der Waals surface area contributed by atoms with Crippen LogP contribution in [0.2, 0.25) is 0 Å². The number of carbonyl (C=O) groups is 1. The van der Waals surface area contributed by atoms with E-state index >= 15 is 0 Å². The molecule has 0 spiro atoms. The number of halogens is 3. The van der Waals surface area contributed by atoms with Crippen molar-refractivity contribution < 1.29 is 18.0 Å². The van der Waals surface area contributed by atoms with Crippen molar-refractivity contribution in [3.8, 4) is 10.4 Å². The van der Waals surface area contributed by atoms with Crippen molar-refractivity contribution in [2.24, 2.45) is 0 Å². The van der Waals surface area contributed by atoms with Crippen LogP contribution in [0.1, 0.15) is 40.6 Å². The van der Waals surface area contributed by atoms with E-state index in [0.717, 1.165) is 40.8 Å². The topological polar surface area (TPSA) is 54.3 Å². The molecule has 0 aliphatic carbocycles. The highest BCUT2D eigenvalue weighted by molar-refractivity contribution is 7.15. The molecule has 1 aliphatic heterocycles. The highest BCUT2D eigenvalue weighted by Gasteiger charge is 2.32. The molecule has 1 amide bonds. The van der Waals surface area contributed by atoms with Crippen LogP contribution in [0.3, 0.4) is 0 Å². The number of fused-ring (bicyclic) bond motifs is 1. The van der Waals surface area contributed by atoms with Crippen LogP contribution in [0.25, 0.3) is 21.5 Å². The summed E-state index contributed by atoms with van der Waals surface area (Å²) in [6.45, 7) is 3.70. The van der Waals surface area contributed by atoms with Crippen LogP contribution in [-0.4, -0.2) is 63.5 Å². The Morgan fingerprint density at radius 2 is 1.82 bits per heavy atom. The van der Waals surface area contributed by atoms with Crippen LogP contribution in [-0.2, 0) is 13.0 Å². The molecule has 4 aromatic rings. The van der Waals surface area contributed by atoms with Crippen LogP contribution in [0.5, 0.6) is 0 Å². The van der Waals surface area contributed by atoms with Crippen molar-refractivity contribution >= 4 is 28.3 Å². The molecular weight excluding hydrogens is 511 g/mol. The first-order chi connectivity index (χ1) is 18.2. The lowest BCUT2D eigenvalue weighted by molar-refractivity contribution is 0.0605. The molecule has 1 saturated heterocycles. The van der Waals surface area contributed by atoms with Gasteiger partial charge >= 0.3 is 0 Å². The van der Waals surface area contributed by atoms with Gasteiger partial charge in [-0.2, -0.15) is 0 Å². The molecule has 2 aromatic heterocycles. The number of rotatable bonds is 7. The fraction of sp³-hybridized carbons (Fsp3) is 0.393. The van der Waals surface area contributed by atoms with E-state index in [0.29, 0.717) is 48.6 Å². The second-order valence-electron chi connectivity index (χ2n) is 10.0.